The number of hydrogen-bond acceptors (Lipinski definition) is 5. The molecule has 0 unspecified atom stereocenters. The van der Waals surface area contributed by atoms with E-state index < -0.39 is 0 Å². The number of aromatic nitrogens is 2. The zero-order valence-corrected chi connectivity index (χ0v) is 11.5. The molecule has 5 heteroatoms. The minimum absolute atomic E-state index is 0.529. The van der Waals surface area contributed by atoms with Gasteiger partial charge in [-0.3, -0.25) is 0 Å². The number of rotatable bonds is 4. The van der Waals surface area contributed by atoms with Gasteiger partial charge in [-0.1, -0.05) is 12.1 Å². The van der Waals surface area contributed by atoms with E-state index in [4.69, 9.17) is 5.73 Å². The van der Waals surface area contributed by atoms with Crippen molar-refractivity contribution in [1.82, 2.24) is 9.97 Å². The van der Waals surface area contributed by atoms with Gasteiger partial charge in [-0.05, 0) is 24.6 Å². The van der Waals surface area contributed by atoms with Gasteiger partial charge in [0, 0.05) is 32.4 Å². The first-order valence-corrected chi connectivity index (χ1v) is 6.17. The van der Waals surface area contributed by atoms with Crippen LogP contribution in [0.4, 0.5) is 17.3 Å². The van der Waals surface area contributed by atoms with E-state index in [0.29, 0.717) is 6.54 Å². The van der Waals surface area contributed by atoms with Gasteiger partial charge < -0.3 is 16.0 Å². The molecule has 0 aliphatic rings. The standard InChI is InChI=1S/C14H19N5/c1-10-16-13(8-14(17-10)19(2)3)18-12-6-4-5-11(7-12)9-15/h4-8H,9,15H2,1-3H3,(H,16,17,18). The van der Waals surface area contributed by atoms with Crippen LogP contribution < -0.4 is 16.0 Å². The second-order valence-electron chi connectivity index (χ2n) is 4.58. The molecule has 1 heterocycles. The monoisotopic (exact) mass is 257 g/mol. The van der Waals surface area contributed by atoms with Crippen LogP contribution >= 0.6 is 0 Å². The van der Waals surface area contributed by atoms with E-state index in [1.54, 1.807) is 0 Å². The Bertz CT molecular complexity index is 566. The number of anilines is 3. The molecule has 0 bridgehead atoms. The molecule has 0 spiro atoms. The third-order valence-corrected chi connectivity index (χ3v) is 2.72. The van der Waals surface area contributed by atoms with Gasteiger partial charge in [0.15, 0.2) is 0 Å². The zero-order valence-electron chi connectivity index (χ0n) is 11.5. The lowest BCUT2D eigenvalue weighted by atomic mass is 10.2. The molecule has 19 heavy (non-hydrogen) atoms. The highest BCUT2D eigenvalue weighted by Gasteiger charge is 2.04. The zero-order chi connectivity index (χ0) is 13.8. The summed E-state index contributed by atoms with van der Waals surface area (Å²) < 4.78 is 0. The fraction of sp³-hybridized carbons (Fsp3) is 0.286. The molecule has 1 aromatic carbocycles. The fourth-order valence-electron chi connectivity index (χ4n) is 1.77. The lowest BCUT2D eigenvalue weighted by molar-refractivity contribution is 0.991. The summed E-state index contributed by atoms with van der Waals surface area (Å²) >= 11 is 0. The summed E-state index contributed by atoms with van der Waals surface area (Å²) in [6.07, 6.45) is 0. The van der Waals surface area contributed by atoms with Crippen molar-refractivity contribution < 1.29 is 0 Å². The number of benzene rings is 1. The van der Waals surface area contributed by atoms with Crippen LogP contribution in [0.5, 0.6) is 0 Å². The SMILES string of the molecule is Cc1nc(Nc2cccc(CN)c2)cc(N(C)C)n1. The van der Waals surface area contributed by atoms with Crippen molar-refractivity contribution >= 4 is 17.3 Å². The summed E-state index contributed by atoms with van der Waals surface area (Å²) in [7, 11) is 3.92. The van der Waals surface area contributed by atoms with Gasteiger partial charge in [0.1, 0.15) is 17.5 Å². The maximum Gasteiger partial charge on any atom is 0.136 e. The van der Waals surface area contributed by atoms with Gasteiger partial charge >= 0.3 is 0 Å². The summed E-state index contributed by atoms with van der Waals surface area (Å²) in [5.41, 5.74) is 7.70. The quantitative estimate of drug-likeness (QED) is 0.877. The Kier molecular flexibility index (Phi) is 3.97. The fourth-order valence-corrected chi connectivity index (χ4v) is 1.77. The summed E-state index contributed by atoms with van der Waals surface area (Å²) in [4.78, 5) is 10.7. The first-order valence-electron chi connectivity index (χ1n) is 6.17. The van der Waals surface area contributed by atoms with Crippen molar-refractivity contribution in [2.75, 3.05) is 24.3 Å². The number of hydrogen-bond donors (Lipinski definition) is 2. The van der Waals surface area contributed by atoms with E-state index in [-0.39, 0.29) is 0 Å². The van der Waals surface area contributed by atoms with E-state index >= 15 is 0 Å². The number of aryl methyl sites for hydroxylation is 1. The second kappa shape index (κ2) is 5.67. The lowest BCUT2D eigenvalue weighted by Gasteiger charge is -2.14. The van der Waals surface area contributed by atoms with Gasteiger partial charge in [0.25, 0.3) is 0 Å². The van der Waals surface area contributed by atoms with E-state index in [1.165, 1.54) is 0 Å². The smallest absolute Gasteiger partial charge is 0.136 e. The van der Waals surface area contributed by atoms with E-state index in [1.807, 2.05) is 56.3 Å². The Morgan fingerprint density at radius 3 is 2.68 bits per heavy atom. The number of nitrogens with one attached hydrogen (secondary N) is 1. The minimum atomic E-state index is 0.529. The summed E-state index contributed by atoms with van der Waals surface area (Å²) in [6, 6.07) is 9.91. The van der Waals surface area contributed by atoms with Crippen molar-refractivity contribution in [3.63, 3.8) is 0 Å². The molecule has 3 N–H and O–H groups in total. The van der Waals surface area contributed by atoms with Gasteiger partial charge in [0.05, 0.1) is 0 Å². The van der Waals surface area contributed by atoms with Crippen molar-refractivity contribution in [1.29, 1.82) is 0 Å². The van der Waals surface area contributed by atoms with Crippen LogP contribution in [0.15, 0.2) is 30.3 Å². The molecule has 0 saturated heterocycles. The van der Waals surface area contributed by atoms with E-state index in [0.717, 1.165) is 28.7 Å². The maximum atomic E-state index is 5.64. The van der Waals surface area contributed by atoms with Gasteiger partial charge in [0.2, 0.25) is 0 Å². The predicted octanol–water partition coefficient (Wildman–Crippen LogP) is 2.05. The average Bonchev–Trinajstić information content (AvgIpc) is 2.38. The largest absolute Gasteiger partial charge is 0.363 e. The van der Waals surface area contributed by atoms with E-state index in [9.17, 15) is 0 Å². The minimum Gasteiger partial charge on any atom is -0.363 e. The molecule has 1 aromatic heterocycles. The third-order valence-electron chi connectivity index (χ3n) is 2.72. The molecule has 100 valence electrons. The Hall–Kier alpha value is -2.14. The highest BCUT2D eigenvalue weighted by Crippen LogP contribution is 2.19. The first-order chi connectivity index (χ1) is 9.08. The highest BCUT2D eigenvalue weighted by molar-refractivity contribution is 5.60. The molecular formula is C14H19N5. The molecule has 0 saturated carbocycles. The second-order valence-corrected chi connectivity index (χ2v) is 4.58. The number of nitrogens with zero attached hydrogens (tertiary/aromatic N) is 3. The van der Waals surface area contributed by atoms with Crippen LogP contribution in [0.1, 0.15) is 11.4 Å². The van der Waals surface area contributed by atoms with Crippen LogP contribution in [0.25, 0.3) is 0 Å². The normalized spacial score (nSPS) is 10.3. The van der Waals surface area contributed by atoms with Gasteiger partial charge in [-0.15, -0.1) is 0 Å². The Morgan fingerprint density at radius 2 is 2.00 bits per heavy atom. The Labute approximate surface area is 113 Å². The molecule has 0 aliphatic heterocycles. The van der Waals surface area contributed by atoms with Crippen molar-refractivity contribution in [2.45, 2.75) is 13.5 Å². The first kappa shape index (κ1) is 13.3. The molecule has 0 atom stereocenters. The molecule has 0 fully saturated rings. The predicted molar refractivity (Wildman–Crippen MR) is 78.7 cm³/mol. The van der Waals surface area contributed by atoms with Gasteiger partial charge in [-0.25, -0.2) is 9.97 Å². The van der Waals surface area contributed by atoms with Crippen LogP contribution in [0, 0.1) is 6.92 Å². The molecule has 5 nitrogen and oxygen atoms in total. The van der Waals surface area contributed by atoms with Crippen molar-refractivity contribution in [3.8, 4) is 0 Å². The van der Waals surface area contributed by atoms with Crippen molar-refractivity contribution in [2.24, 2.45) is 5.73 Å². The molecular weight excluding hydrogens is 238 g/mol. The van der Waals surface area contributed by atoms with E-state index in [2.05, 4.69) is 15.3 Å². The topological polar surface area (TPSA) is 67.1 Å². The molecule has 0 radical (unpaired) electrons. The molecule has 0 amide bonds. The summed E-state index contributed by atoms with van der Waals surface area (Å²) in [5.74, 6) is 2.40. The highest BCUT2D eigenvalue weighted by atomic mass is 15.2. The lowest BCUT2D eigenvalue weighted by Crippen LogP contribution is -2.12. The third kappa shape index (κ3) is 3.42. The Morgan fingerprint density at radius 1 is 1.21 bits per heavy atom. The maximum absolute atomic E-state index is 5.64. The average molecular weight is 257 g/mol. The van der Waals surface area contributed by atoms with Crippen LogP contribution in [0.3, 0.4) is 0 Å². The number of nitrogens with two attached hydrogens (primary N) is 1. The van der Waals surface area contributed by atoms with Crippen LogP contribution in [0.2, 0.25) is 0 Å². The van der Waals surface area contributed by atoms with Gasteiger partial charge in [-0.2, -0.15) is 0 Å². The van der Waals surface area contributed by atoms with Crippen LogP contribution in [-0.4, -0.2) is 24.1 Å². The summed E-state index contributed by atoms with van der Waals surface area (Å²) in [6.45, 7) is 2.41. The molecule has 2 aromatic rings. The van der Waals surface area contributed by atoms with Crippen molar-refractivity contribution in [3.05, 3.63) is 41.7 Å². The molecule has 0 aliphatic carbocycles. The summed E-state index contributed by atoms with van der Waals surface area (Å²) in [5, 5.41) is 3.28. The molecule has 2 rings (SSSR count). The van der Waals surface area contributed by atoms with Crippen LogP contribution in [-0.2, 0) is 6.54 Å². The Balaban J connectivity index is 2.27.